The van der Waals surface area contributed by atoms with Crippen molar-refractivity contribution < 1.29 is 9.59 Å². The SMILES string of the molecule is CC1CC(C)C(SCCCCCS)(C(=O)NC=O)C1. The first-order valence-electron chi connectivity index (χ1n) is 7.06. The van der Waals surface area contributed by atoms with Crippen molar-refractivity contribution in [2.45, 2.75) is 50.7 Å². The number of nitrogens with one attached hydrogen (secondary N) is 1. The largest absolute Gasteiger partial charge is 0.298 e. The number of amides is 2. The lowest BCUT2D eigenvalue weighted by molar-refractivity contribution is -0.127. The maximum atomic E-state index is 12.3. The van der Waals surface area contributed by atoms with Gasteiger partial charge in [0.25, 0.3) is 0 Å². The van der Waals surface area contributed by atoms with Crippen LogP contribution in [0.4, 0.5) is 0 Å². The molecule has 0 heterocycles. The summed E-state index contributed by atoms with van der Waals surface area (Å²) in [7, 11) is 0. The summed E-state index contributed by atoms with van der Waals surface area (Å²) in [6.45, 7) is 4.32. The van der Waals surface area contributed by atoms with Crippen LogP contribution in [0.15, 0.2) is 0 Å². The van der Waals surface area contributed by atoms with E-state index in [0.29, 0.717) is 18.2 Å². The van der Waals surface area contributed by atoms with Crippen LogP contribution in [0.5, 0.6) is 0 Å². The Labute approximate surface area is 126 Å². The van der Waals surface area contributed by atoms with Gasteiger partial charge in [0.2, 0.25) is 12.3 Å². The first-order chi connectivity index (χ1) is 9.06. The molecule has 5 heteroatoms. The lowest BCUT2D eigenvalue weighted by Gasteiger charge is -2.31. The van der Waals surface area contributed by atoms with Gasteiger partial charge in [-0.05, 0) is 49.0 Å². The van der Waals surface area contributed by atoms with Crippen molar-refractivity contribution in [3.63, 3.8) is 0 Å². The second kappa shape index (κ2) is 8.20. The number of carbonyl (C=O) groups excluding carboxylic acids is 2. The van der Waals surface area contributed by atoms with Gasteiger partial charge in [-0.2, -0.15) is 12.6 Å². The van der Waals surface area contributed by atoms with Crippen LogP contribution in [0.25, 0.3) is 0 Å². The fourth-order valence-corrected chi connectivity index (χ4v) is 4.91. The van der Waals surface area contributed by atoms with Crippen molar-refractivity contribution in [3.8, 4) is 0 Å². The third-order valence-corrected chi connectivity index (χ3v) is 6.02. The summed E-state index contributed by atoms with van der Waals surface area (Å²) in [6, 6.07) is 0. The average Bonchev–Trinajstić information content (AvgIpc) is 2.65. The molecule has 1 aliphatic carbocycles. The number of imide groups is 1. The van der Waals surface area contributed by atoms with Crippen LogP contribution < -0.4 is 5.32 Å². The summed E-state index contributed by atoms with van der Waals surface area (Å²) in [5.74, 6) is 2.69. The minimum atomic E-state index is -0.401. The summed E-state index contributed by atoms with van der Waals surface area (Å²) in [5.41, 5.74) is 0. The van der Waals surface area contributed by atoms with E-state index in [1.807, 2.05) is 0 Å². The number of hydrogen-bond donors (Lipinski definition) is 2. The molecular weight excluding hydrogens is 278 g/mol. The quantitative estimate of drug-likeness (QED) is 0.412. The van der Waals surface area contributed by atoms with Crippen LogP contribution in [0.2, 0.25) is 0 Å². The fourth-order valence-electron chi connectivity index (χ4n) is 3.00. The van der Waals surface area contributed by atoms with Crippen molar-refractivity contribution in [1.82, 2.24) is 5.32 Å². The number of carbonyl (C=O) groups is 2. The molecule has 0 aliphatic heterocycles. The molecule has 1 saturated carbocycles. The highest BCUT2D eigenvalue weighted by molar-refractivity contribution is 8.01. The second-order valence-electron chi connectivity index (χ2n) is 5.56. The molecule has 0 bridgehead atoms. The topological polar surface area (TPSA) is 46.2 Å². The molecule has 0 spiro atoms. The standard InChI is InChI=1S/C14H25NO2S2/c1-11-8-12(2)14(9-11,13(17)15-10-16)19-7-5-3-4-6-18/h10-12,18H,3-9H2,1-2H3,(H,15,16,17). The average molecular weight is 303 g/mol. The van der Waals surface area contributed by atoms with E-state index < -0.39 is 4.75 Å². The summed E-state index contributed by atoms with van der Waals surface area (Å²) >= 11 is 5.95. The zero-order valence-electron chi connectivity index (χ0n) is 11.9. The minimum Gasteiger partial charge on any atom is -0.298 e. The molecule has 110 valence electrons. The van der Waals surface area contributed by atoms with Crippen molar-refractivity contribution in [1.29, 1.82) is 0 Å². The molecule has 19 heavy (non-hydrogen) atoms. The highest BCUT2D eigenvalue weighted by Gasteiger charge is 2.49. The van der Waals surface area contributed by atoms with Crippen molar-refractivity contribution in [2.24, 2.45) is 11.8 Å². The van der Waals surface area contributed by atoms with Crippen LogP contribution in [0.1, 0.15) is 46.0 Å². The molecule has 0 aromatic rings. The van der Waals surface area contributed by atoms with Crippen LogP contribution in [0, 0.1) is 11.8 Å². The summed E-state index contributed by atoms with van der Waals surface area (Å²) in [6.07, 6.45) is 5.86. The predicted molar refractivity (Wildman–Crippen MR) is 84.7 cm³/mol. The maximum absolute atomic E-state index is 12.3. The molecule has 2 amide bonds. The van der Waals surface area contributed by atoms with Gasteiger partial charge >= 0.3 is 0 Å². The van der Waals surface area contributed by atoms with Crippen LogP contribution in [0.3, 0.4) is 0 Å². The number of unbranched alkanes of at least 4 members (excludes halogenated alkanes) is 2. The fraction of sp³-hybridized carbons (Fsp3) is 0.857. The second-order valence-corrected chi connectivity index (χ2v) is 7.43. The van der Waals surface area contributed by atoms with E-state index in [2.05, 4.69) is 31.8 Å². The highest BCUT2D eigenvalue weighted by atomic mass is 32.2. The number of thiol groups is 1. The molecule has 3 nitrogen and oxygen atoms in total. The Hall–Kier alpha value is -0.160. The highest BCUT2D eigenvalue weighted by Crippen LogP contribution is 2.48. The normalized spacial score (nSPS) is 30.3. The van der Waals surface area contributed by atoms with Gasteiger partial charge in [0.05, 0.1) is 4.75 Å². The van der Waals surface area contributed by atoms with Gasteiger partial charge in [0, 0.05) is 0 Å². The Morgan fingerprint density at radius 1 is 1.42 bits per heavy atom. The number of hydrogen-bond acceptors (Lipinski definition) is 4. The van der Waals surface area contributed by atoms with Gasteiger partial charge in [0.1, 0.15) is 0 Å². The molecule has 0 saturated heterocycles. The third-order valence-electron chi connectivity index (χ3n) is 3.94. The smallest absolute Gasteiger partial charge is 0.242 e. The lowest BCUT2D eigenvalue weighted by atomic mass is 9.96. The molecule has 1 fully saturated rings. The van der Waals surface area contributed by atoms with Gasteiger partial charge in [-0.3, -0.25) is 14.9 Å². The molecule has 1 N–H and O–H groups in total. The van der Waals surface area contributed by atoms with Gasteiger partial charge in [0.15, 0.2) is 0 Å². The molecule has 1 rings (SSSR count). The molecule has 0 aromatic heterocycles. The summed E-state index contributed by atoms with van der Waals surface area (Å²) < 4.78 is -0.401. The zero-order valence-corrected chi connectivity index (χ0v) is 13.6. The van der Waals surface area contributed by atoms with E-state index in [1.54, 1.807) is 11.8 Å². The molecule has 0 radical (unpaired) electrons. The van der Waals surface area contributed by atoms with Crippen LogP contribution in [-0.2, 0) is 9.59 Å². The maximum Gasteiger partial charge on any atom is 0.242 e. The van der Waals surface area contributed by atoms with E-state index in [-0.39, 0.29) is 5.91 Å². The van der Waals surface area contributed by atoms with Gasteiger partial charge in [-0.15, -0.1) is 11.8 Å². The Kier molecular flexibility index (Phi) is 7.29. The van der Waals surface area contributed by atoms with E-state index >= 15 is 0 Å². The molecule has 3 atom stereocenters. The van der Waals surface area contributed by atoms with E-state index in [9.17, 15) is 9.59 Å². The van der Waals surface area contributed by atoms with Gasteiger partial charge in [-0.1, -0.05) is 20.3 Å². The summed E-state index contributed by atoms with van der Waals surface area (Å²) in [5, 5.41) is 2.38. The van der Waals surface area contributed by atoms with Gasteiger partial charge in [-0.25, -0.2) is 0 Å². The Morgan fingerprint density at radius 2 is 2.16 bits per heavy atom. The molecule has 1 aliphatic rings. The molecular formula is C14H25NO2S2. The van der Waals surface area contributed by atoms with Crippen LogP contribution >= 0.6 is 24.4 Å². The zero-order chi connectivity index (χ0) is 14.3. The lowest BCUT2D eigenvalue weighted by Crippen LogP contribution is -2.46. The van der Waals surface area contributed by atoms with Crippen molar-refractivity contribution in [2.75, 3.05) is 11.5 Å². The van der Waals surface area contributed by atoms with E-state index in [1.165, 1.54) is 0 Å². The Morgan fingerprint density at radius 3 is 2.68 bits per heavy atom. The number of rotatable bonds is 8. The first kappa shape index (κ1) is 16.9. The minimum absolute atomic E-state index is 0.0986. The summed E-state index contributed by atoms with van der Waals surface area (Å²) in [4.78, 5) is 22.8. The van der Waals surface area contributed by atoms with Crippen molar-refractivity contribution >= 4 is 36.7 Å². The molecule has 3 unspecified atom stereocenters. The first-order valence-corrected chi connectivity index (χ1v) is 8.68. The molecule has 0 aromatic carbocycles. The number of thioether (sulfide) groups is 1. The monoisotopic (exact) mass is 303 g/mol. The van der Waals surface area contributed by atoms with Crippen LogP contribution in [-0.4, -0.2) is 28.6 Å². The van der Waals surface area contributed by atoms with Gasteiger partial charge < -0.3 is 0 Å². The third kappa shape index (κ3) is 4.42. The van der Waals surface area contributed by atoms with E-state index in [0.717, 1.165) is 43.6 Å². The Balaban J connectivity index is 2.60. The Bertz CT molecular complexity index is 312. The van der Waals surface area contributed by atoms with Crippen molar-refractivity contribution in [3.05, 3.63) is 0 Å². The van der Waals surface area contributed by atoms with E-state index in [4.69, 9.17) is 0 Å². The predicted octanol–water partition coefficient (Wildman–Crippen LogP) is 2.90.